The standard InChI is InChI=1S/C20H27N5O2/c1-13(2)15-6-8-17(9-7-15)23-20(27)25-10-4-5-16(12-25)19-18(11-21-24-19)22-14(3)26/h6-9,11,13,16H,4-5,10,12H2,1-3H3,(H,21,24)(H,22,26)(H,23,27)/t16-/m0/s1. The molecule has 1 fully saturated rings. The van der Waals surface area contributed by atoms with Gasteiger partial charge in [0.25, 0.3) is 0 Å². The zero-order valence-corrected chi connectivity index (χ0v) is 16.1. The molecule has 1 saturated heterocycles. The number of anilines is 2. The maximum atomic E-state index is 12.7. The Bertz CT molecular complexity index is 797. The lowest BCUT2D eigenvalue weighted by Gasteiger charge is -2.32. The van der Waals surface area contributed by atoms with E-state index in [0.29, 0.717) is 18.2 Å². The van der Waals surface area contributed by atoms with E-state index in [1.165, 1.54) is 12.5 Å². The Morgan fingerprint density at radius 1 is 1.22 bits per heavy atom. The van der Waals surface area contributed by atoms with Crippen molar-refractivity contribution in [2.24, 2.45) is 0 Å². The third kappa shape index (κ3) is 4.67. The lowest BCUT2D eigenvalue weighted by atomic mass is 9.94. The molecule has 0 radical (unpaired) electrons. The third-order valence-electron chi connectivity index (χ3n) is 4.92. The molecule has 3 amide bonds. The van der Waals surface area contributed by atoms with Crippen LogP contribution in [0.1, 0.15) is 56.7 Å². The summed E-state index contributed by atoms with van der Waals surface area (Å²) in [6, 6.07) is 7.88. The Kier molecular flexibility index (Phi) is 5.78. The molecule has 1 aromatic carbocycles. The second kappa shape index (κ2) is 8.24. The highest BCUT2D eigenvalue weighted by molar-refractivity contribution is 5.90. The summed E-state index contributed by atoms with van der Waals surface area (Å²) in [6.07, 6.45) is 3.47. The highest BCUT2D eigenvalue weighted by Crippen LogP contribution is 2.30. The summed E-state index contributed by atoms with van der Waals surface area (Å²) in [5.74, 6) is 0.454. The number of nitrogens with one attached hydrogen (secondary N) is 3. The van der Waals surface area contributed by atoms with E-state index in [1.54, 1.807) is 6.20 Å². The highest BCUT2D eigenvalue weighted by Gasteiger charge is 2.27. The van der Waals surface area contributed by atoms with E-state index in [4.69, 9.17) is 0 Å². The zero-order valence-electron chi connectivity index (χ0n) is 16.1. The number of aromatic amines is 1. The topological polar surface area (TPSA) is 90.1 Å². The number of likely N-dealkylation sites (tertiary alicyclic amines) is 1. The van der Waals surface area contributed by atoms with Crippen molar-refractivity contribution in [3.63, 3.8) is 0 Å². The molecule has 0 bridgehead atoms. The van der Waals surface area contributed by atoms with Crippen LogP contribution in [0.15, 0.2) is 30.5 Å². The van der Waals surface area contributed by atoms with E-state index in [0.717, 1.165) is 30.8 Å². The zero-order chi connectivity index (χ0) is 19.4. The number of hydrogen-bond donors (Lipinski definition) is 3. The average molecular weight is 369 g/mol. The molecule has 3 N–H and O–H groups in total. The lowest BCUT2D eigenvalue weighted by Crippen LogP contribution is -2.41. The first-order chi connectivity index (χ1) is 12.9. The molecule has 7 nitrogen and oxygen atoms in total. The van der Waals surface area contributed by atoms with Gasteiger partial charge in [-0.2, -0.15) is 5.10 Å². The van der Waals surface area contributed by atoms with Gasteiger partial charge in [-0.05, 0) is 36.5 Å². The van der Waals surface area contributed by atoms with Gasteiger partial charge in [-0.15, -0.1) is 0 Å². The van der Waals surface area contributed by atoms with Gasteiger partial charge >= 0.3 is 6.03 Å². The van der Waals surface area contributed by atoms with Crippen LogP contribution in [0.4, 0.5) is 16.2 Å². The monoisotopic (exact) mass is 369 g/mol. The smallest absolute Gasteiger partial charge is 0.321 e. The summed E-state index contributed by atoms with van der Waals surface area (Å²) in [4.78, 5) is 25.9. The molecule has 7 heteroatoms. The molecule has 3 rings (SSSR count). The number of H-pyrrole nitrogens is 1. The van der Waals surface area contributed by atoms with Crippen LogP contribution < -0.4 is 10.6 Å². The van der Waals surface area contributed by atoms with Crippen molar-refractivity contribution in [1.82, 2.24) is 15.1 Å². The van der Waals surface area contributed by atoms with Gasteiger partial charge in [0.05, 0.1) is 17.6 Å². The van der Waals surface area contributed by atoms with Gasteiger partial charge in [0.15, 0.2) is 0 Å². The first-order valence-electron chi connectivity index (χ1n) is 9.40. The summed E-state index contributed by atoms with van der Waals surface area (Å²) < 4.78 is 0. The summed E-state index contributed by atoms with van der Waals surface area (Å²) in [7, 11) is 0. The van der Waals surface area contributed by atoms with Gasteiger partial charge in [-0.1, -0.05) is 26.0 Å². The second-order valence-corrected chi connectivity index (χ2v) is 7.37. The van der Waals surface area contributed by atoms with Crippen LogP contribution in [0.5, 0.6) is 0 Å². The van der Waals surface area contributed by atoms with Gasteiger partial charge in [0.2, 0.25) is 5.91 Å². The maximum absolute atomic E-state index is 12.7. The molecule has 2 aromatic rings. The number of urea groups is 1. The van der Waals surface area contributed by atoms with E-state index < -0.39 is 0 Å². The number of amides is 3. The molecule has 0 unspecified atom stereocenters. The lowest BCUT2D eigenvalue weighted by molar-refractivity contribution is -0.114. The molecule has 0 aliphatic carbocycles. The molecule has 27 heavy (non-hydrogen) atoms. The van der Waals surface area contributed by atoms with Crippen LogP contribution in [-0.4, -0.2) is 40.1 Å². The highest BCUT2D eigenvalue weighted by atomic mass is 16.2. The average Bonchev–Trinajstić information content (AvgIpc) is 3.09. The van der Waals surface area contributed by atoms with Crippen LogP contribution in [-0.2, 0) is 4.79 Å². The number of nitrogens with zero attached hydrogens (tertiary/aromatic N) is 2. The van der Waals surface area contributed by atoms with Gasteiger partial charge < -0.3 is 15.5 Å². The van der Waals surface area contributed by atoms with Crippen LogP contribution in [0.25, 0.3) is 0 Å². The third-order valence-corrected chi connectivity index (χ3v) is 4.92. The van der Waals surface area contributed by atoms with Crippen LogP contribution >= 0.6 is 0 Å². The Morgan fingerprint density at radius 3 is 2.63 bits per heavy atom. The van der Waals surface area contributed by atoms with Gasteiger partial charge in [-0.3, -0.25) is 9.89 Å². The molecular weight excluding hydrogens is 342 g/mol. The molecule has 1 aromatic heterocycles. The van der Waals surface area contributed by atoms with E-state index in [-0.39, 0.29) is 17.9 Å². The number of piperidine rings is 1. The minimum Gasteiger partial charge on any atom is -0.324 e. The van der Waals surface area contributed by atoms with Crippen LogP contribution in [0.2, 0.25) is 0 Å². The second-order valence-electron chi connectivity index (χ2n) is 7.37. The Morgan fingerprint density at radius 2 is 1.96 bits per heavy atom. The number of aromatic nitrogens is 2. The first-order valence-corrected chi connectivity index (χ1v) is 9.40. The van der Waals surface area contributed by atoms with Gasteiger partial charge in [0, 0.05) is 31.6 Å². The minimum absolute atomic E-state index is 0.0995. The Labute approximate surface area is 159 Å². The molecular formula is C20H27N5O2. The number of rotatable bonds is 4. The van der Waals surface area contributed by atoms with E-state index in [2.05, 4.69) is 34.7 Å². The normalized spacial score (nSPS) is 17.0. The predicted molar refractivity (Wildman–Crippen MR) is 106 cm³/mol. The molecule has 1 aliphatic rings. The molecule has 0 saturated carbocycles. The summed E-state index contributed by atoms with van der Waals surface area (Å²) in [6.45, 7) is 7.07. The van der Waals surface area contributed by atoms with E-state index in [1.807, 2.05) is 29.2 Å². The first kappa shape index (κ1) is 18.9. The molecule has 144 valence electrons. The number of hydrogen-bond acceptors (Lipinski definition) is 3. The van der Waals surface area contributed by atoms with Crippen molar-refractivity contribution in [2.45, 2.75) is 45.4 Å². The number of carbonyl (C=O) groups excluding carboxylic acids is 2. The molecule has 1 aliphatic heterocycles. The predicted octanol–water partition coefficient (Wildman–Crippen LogP) is 3.90. The van der Waals surface area contributed by atoms with Gasteiger partial charge in [-0.25, -0.2) is 4.79 Å². The number of benzene rings is 1. The SMILES string of the molecule is CC(=O)Nc1cn[nH]c1[C@H]1CCCN(C(=O)Nc2ccc(C(C)C)cc2)C1. The van der Waals surface area contributed by atoms with E-state index in [9.17, 15) is 9.59 Å². The Balaban J connectivity index is 1.64. The summed E-state index contributed by atoms with van der Waals surface area (Å²) in [5, 5.41) is 12.8. The van der Waals surface area contributed by atoms with Crippen molar-refractivity contribution in [1.29, 1.82) is 0 Å². The van der Waals surface area contributed by atoms with Gasteiger partial charge in [0.1, 0.15) is 0 Å². The molecule has 0 spiro atoms. The van der Waals surface area contributed by atoms with Crippen LogP contribution in [0, 0.1) is 0 Å². The quantitative estimate of drug-likeness (QED) is 0.763. The molecule has 1 atom stereocenters. The summed E-state index contributed by atoms with van der Waals surface area (Å²) >= 11 is 0. The van der Waals surface area contributed by atoms with Crippen molar-refractivity contribution < 1.29 is 9.59 Å². The summed E-state index contributed by atoms with van der Waals surface area (Å²) in [5.41, 5.74) is 3.62. The fourth-order valence-corrected chi connectivity index (χ4v) is 3.45. The van der Waals surface area contributed by atoms with Crippen molar-refractivity contribution in [3.8, 4) is 0 Å². The maximum Gasteiger partial charge on any atom is 0.321 e. The fourth-order valence-electron chi connectivity index (χ4n) is 3.45. The number of carbonyl (C=O) groups is 2. The van der Waals surface area contributed by atoms with Crippen molar-refractivity contribution in [2.75, 3.05) is 23.7 Å². The molecule has 2 heterocycles. The largest absolute Gasteiger partial charge is 0.324 e. The van der Waals surface area contributed by atoms with Crippen molar-refractivity contribution in [3.05, 3.63) is 41.7 Å². The minimum atomic E-state index is -0.132. The van der Waals surface area contributed by atoms with Crippen molar-refractivity contribution >= 4 is 23.3 Å². The fraction of sp³-hybridized carbons (Fsp3) is 0.450. The Hall–Kier alpha value is -2.83. The van der Waals surface area contributed by atoms with E-state index >= 15 is 0 Å². The van der Waals surface area contributed by atoms with Crippen LogP contribution in [0.3, 0.4) is 0 Å².